The largest absolute Gasteiger partial charge is 0.497 e. The Balaban J connectivity index is 1.55. The van der Waals surface area contributed by atoms with Crippen molar-refractivity contribution in [1.29, 1.82) is 0 Å². The number of nitrogens with zero attached hydrogens (tertiary/aromatic N) is 4. The van der Waals surface area contributed by atoms with Crippen molar-refractivity contribution in [3.8, 4) is 11.5 Å². The topological polar surface area (TPSA) is 69.5 Å². The first-order valence-electron chi connectivity index (χ1n) is 10.00. The van der Waals surface area contributed by atoms with Gasteiger partial charge < -0.3 is 14.0 Å². The summed E-state index contributed by atoms with van der Waals surface area (Å²) < 4.78 is 13.5. The number of hydrogen-bond donors (Lipinski definition) is 0. The minimum Gasteiger partial charge on any atom is -0.497 e. The van der Waals surface area contributed by atoms with Gasteiger partial charge in [-0.3, -0.25) is 9.69 Å². The van der Waals surface area contributed by atoms with E-state index in [1.165, 1.54) is 11.3 Å². The maximum atomic E-state index is 13.3. The van der Waals surface area contributed by atoms with Crippen molar-refractivity contribution in [3.05, 3.63) is 66.7 Å². The number of methoxy groups -OCH3 is 2. The number of rotatable bonds is 9. The summed E-state index contributed by atoms with van der Waals surface area (Å²) in [5.41, 5.74) is 1.80. The van der Waals surface area contributed by atoms with Gasteiger partial charge in [0.1, 0.15) is 11.5 Å². The van der Waals surface area contributed by atoms with Gasteiger partial charge in [-0.05, 0) is 42.3 Å². The number of aryl methyl sites for hydroxylation is 1. The van der Waals surface area contributed by atoms with E-state index in [1.54, 1.807) is 31.6 Å². The number of benzene rings is 2. The monoisotopic (exact) mass is 436 g/mol. The van der Waals surface area contributed by atoms with Crippen LogP contribution in [0.3, 0.4) is 0 Å². The molecule has 8 heteroatoms. The molecule has 0 spiro atoms. The molecule has 160 valence electrons. The molecule has 0 saturated carbocycles. The fourth-order valence-electron chi connectivity index (χ4n) is 3.31. The molecule has 0 radical (unpaired) electrons. The summed E-state index contributed by atoms with van der Waals surface area (Å²) in [6.07, 6.45) is 6.56. The summed E-state index contributed by atoms with van der Waals surface area (Å²) in [6, 6.07) is 13.3. The Hall–Kier alpha value is -3.39. The minimum absolute atomic E-state index is 0.0156. The number of fused-ring (bicyclic) bond motifs is 1. The molecule has 0 aliphatic carbocycles. The normalized spacial score (nSPS) is 10.9. The molecule has 1 amide bonds. The number of amides is 1. The predicted octanol–water partition coefficient (Wildman–Crippen LogP) is 4.18. The summed E-state index contributed by atoms with van der Waals surface area (Å²) in [5, 5.41) is 0.701. The van der Waals surface area contributed by atoms with Crippen molar-refractivity contribution in [2.75, 3.05) is 25.7 Å². The number of carbonyl (C=O) groups is 1. The lowest BCUT2D eigenvalue weighted by molar-refractivity contribution is -0.118. The van der Waals surface area contributed by atoms with E-state index in [9.17, 15) is 4.79 Å². The SMILES string of the molecule is COc1ccc(CC(=O)N(CCCn2ccnc2)c2nc3ccc(OC)cc3s2)cc1. The summed E-state index contributed by atoms with van der Waals surface area (Å²) >= 11 is 1.50. The van der Waals surface area contributed by atoms with Crippen LogP contribution in [0.1, 0.15) is 12.0 Å². The first kappa shape index (κ1) is 20.9. The van der Waals surface area contributed by atoms with Crippen LogP contribution in [-0.2, 0) is 17.8 Å². The van der Waals surface area contributed by atoms with Crippen LogP contribution in [0, 0.1) is 0 Å². The fourth-order valence-corrected chi connectivity index (χ4v) is 4.34. The third kappa shape index (κ3) is 5.03. The highest BCUT2D eigenvalue weighted by Gasteiger charge is 2.20. The molecule has 0 aliphatic rings. The van der Waals surface area contributed by atoms with Crippen molar-refractivity contribution in [1.82, 2.24) is 14.5 Å². The maximum absolute atomic E-state index is 13.3. The number of imidazole rings is 1. The Bertz CT molecular complexity index is 1140. The van der Waals surface area contributed by atoms with Gasteiger partial charge in [-0.15, -0.1) is 0 Å². The van der Waals surface area contributed by atoms with Crippen LogP contribution in [0.15, 0.2) is 61.2 Å². The number of ether oxygens (including phenoxy) is 2. The lowest BCUT2D eigenvalue weighted by atomic mass is 10.1. The van der Waals surface area contributed by atoms with Crippen LogP contribution in [-0.4, -0.2) is 41.2 Å². The summed E-state index contributed by atoms with van der Waals surface area (Å²) in [6.45, 7) is 1.36. The molecule has 2 aromatic carbocycles. The lowest BCUT2D eigenvalue weighted by Gasteiger charge is -2.20. The van der Waals surface area contributed by atoms with Crippen molar-refractivity contribution >= 4 is 32.6 Å². The second-order valence-electron chi connectivity index (χ2n) is 7.05. The molecule has 31 heavy (non-hydrogen) atoms. The Labute approximate surface area is 184 Å². The lowest BCUT2D eigenvalue weighted by Crippen LogP contribution is -2.33. The summed E-state index contributed by atoms with van der Waals surface area (Å²) in [4.78, 5) is 23.9. The van der Waals surface area contributed by atoms with Crippen molar-refractivity contribution < 1.29 is 14.3 Å². The number of thiazole rings is 1. The number of hydrogen-bond acceptors (Lipinski definition) is 6. The Kier molecular flexibility index (Phi) is 6.47. The molecule has 4 rings (SSSR count). The van der Waals surface area contributed by atoms with Crippen molar-refractivity contribution in [2.24, 2.45) is 0 Å². The molecule has 0 fully saturated rings. The zero-order valence-corrected chi connectivity index (χ0v) is 18.3. The molecule has 0 atom stereocenters. The van der Waals surface area contributed by atoms with Gasteiger partial charge in [0.05, 0.1) is 37.2 Å². The van der Waals surface area contributed by atoms with Crippen LogP contribution in [0.4, 0.5) is 5.13 Å². The van der Waals surface area contributed by atoms with Crippen molar-refractivity contribution in [3.63, 3.8) is 0 Å². The Morgan fingerprint density at radius 1 is 1.10 bits per heavy atom. The first-order chi connectivity index (χ1) is 15.2. The van der Waals surface area contributed by atoms with E-state index in [0.29, 0.717) is 18.1 Å². The molecular formula is C23H24N4O3S. The third-order valence-electron chi connectivity index (χ3n) is 4.99. The van der Waals surface area contributed by atoms with Gasteiger partial charge in [0.2, 0.25) is 5.91 Å². The van der Waals surface area contributed by atoms with E-state index in [2.05, 4.69) is 4.98 Å². The zero-order valence-electron chi connectivity index (χ0n) is 17.5. The first-order valence-corrected chi connectivity index (χ1v) is 10.8. The van der Waals surface area contributed by atoms with Gasteiger partial charge in [0.15, 0.2) is 5.13 Å². The standard InChI is InChI=1S/C23H24N4O3S/c1-29-18-6-4-17(5-7-18)14-22(28)27(12-3-11-26-13-10-24-16-26)23-25-20-9-8-19(30-2)15-21(20)31-23/h4-10,13,15-16H,3,11-12,14H2,1-2H3. The van der Waals surface area contributed by atoms with Crippen LogP contribution in [0.2, 0.25) is 0 Å². The van der Waals surface area contributed by atoms with E-state index in [0.717, 1.165) is 40.2 Å². The zero-order chi connectivity index (χ0) is 21.6. The van der Waals surface area contributed by atoms with Crippen LogP contribution in [0.5, 0.6) is 11.5 Å². The molecule has 7 nitrogen and oxygen atoms in total. The molecule has 2 aromatic heterocycles. The van der Waals surface area contributed by atoms with Gasteiger partial charge in [-0.25, -0.2) is 9.97 Å². The quantitative estimate of drug-likeness (QED) is 0.394. The second-order valence-corrected chi connectivity index (χ2v) is 8.06. The van der Waals surface area contributed by atoms with E-state index in [-0.39, 0.29) is 5.91 Å². The van der Waals surface area contributed by atoms with Gasteiger partial charge in [0, 0.05) is 25.5 Å². The second kappa shape index (κ2) is 9.61. The van der Waals surface area contributed by atoms with E-state index >= 15 is 0 Å². The number of aromatic nitrogens is 3. The Morgan fingerprint density at radius 2 is 1.87 bits per heavy atom. The predicted molar refractivity (Wildman–Crippen MR) is 122 cm³/mol. The Morgan fingerprint density at radius 3 is 2.58 bits per heavy atom. The van der Waals surface area contributed by atoms with Crippen molar-refractivity contribution in [2.45, 2.75) is 19.4 Å². The highest BCUT2D eigenvalue weighted by atomic mass is 32.1. The van der Waals surface area contributed by atoms with Gasteiger partial charge >= 0.3 is 0 Å². The maximum Gasteiger partial charge on any atom is 0.233 e. The molecule has 0 aliphatic heterocycles. The molecule has 0 bridgehead atoms. The molecule has 2 heterocycles. The number of anilines is 1. The molecule has 0 saturated heterocycles. The highest BCUT2D eigenvalue weighted by Crippen LogP contribution is 2.32. The highest BCUT2D eigenvalue weighted by molar-refractivity contribution is 7.22. The van der Waals surface area contributed by atoms with Crippen LogP contribution >= 0.6 is 11.3 Å². The minimum atomic E-state index is 0.0156. The molecule has 4 aromatic rings. The average molecular weight is 437 g/mol. The van der Waals surface area contributed by atoms with Crippen LogP contribution < -0.4 is 14.4 Å². The fraction of sp³-hybridized carbons (Fsp3) is 0.261. The average Bonchev–Trinajstić information content (AvgIpc) is 3.46. The molecule has 0 unspecified atom stereocenters. The summed E-state index contributed by atoms with van der Waals surface area (Å²) in [7, 11) is 3.27. The van der Waals surface area contributed by atoms with Gasteiger partial charge in [-0.2, -0.15) is 0 Å². The van der Waals surface area contributed by atoms with Crippen LogP contribution in [0.25, 0.3) is 10.2 Å². The van der Waals surface area contributed by atoms with Gasteiger partial charge in [-0.1, -0.05) is 23.5 Å². The van der Waals surface area contributed by atoms with E-state index in [1.807, 2.05) is 53.2 Å². The smallest absolute Gasteiger partial charge is 0.233 e. The van der Waals surface area contributed by atoms with E-state index < -0.39 is 0 Å². The molecular weight excluding hydrogens is 412 g/mol. The summed E-state index contributed by atoms with van der Waals surface area (Å²) in [5.74, 6) is 1.56. The van der Waals surface area contributed by atoms with Gasteiger partial charge in [0.25, 0.3) is 0 Å². The molecule has 0 N–H and O–H groups in total. The van der Waals surface area contributed by atoms with E-state index in [4.69, 9.17) is 14.5 Å². The number of carbonyl (C=O) groups excluding carboxylic acids is 1. The third-order valence-corrected chi connectivity index (χ3v) is 6.03.